The van der Waals surface area contributed by atoms with Crippen LogP contribution < -0.4 is 15.0 Å². The van der Waals surface area contributed by atoms with Gasteiger partial charge in [0, 0.05) is 25.1 Å². The highest BCUT2D eigenvalue weighted by Gasteiger charge is 2.35. The predicted molar refractivity (Wildman–Crippen MR) is 106 cm³/mol. The number of benzene rings is 1. The van der Waals surface area contributed by atoms with Gasteiger partial charge in [-0.25, -0.2) is 4.98 Å². The van der Waals surface area contributed by atoms with Gasteiger partial charge >= 0.3 is 0 Å². The standard InChI is InChI=1S/C20H25N3O3S/c1-13-17(27-19(21-13)23-8-10-25-11-9-23)18(24)22-15-12-20(2,3)26-16-7-5-4-6-14(15)16/h4-7,15H,8-12H2,1-3H3,(H,22,24). The maximum Gasteiger partial charge on any atom is 0.263 e. The van der Waals surface area contributed by atoms with E-state index in [1.165, 1.54) is 11.3 Å². The first-order valence-corrected chi connectivity index (χ1v) is 10.1. The van der Waals surface area contributed by atoms with E-state index in [0.717, 1.165) is 41.6 Å². The van der Waals surface area contributed by atoms with Crippen molar-refractivity contribution in [2.45, 2.75) is 38.8 Å². The number of carbonyl (C=O) groups excluding carboxylic acids is 1. The van der Waals surface area contributed by atoms with Gasteiger partial charge in [-0.1, -0.05) is 29.5 Å². The zero-order valence-electron chi connectivity index (χ0n) is 15.9. The lowest BCUT2D eigenvalue weighted by molar-refractivity contribution is 0.0621. The Hall–Kier alpha value is -2.12. The summed E-state index contributed by atoms with van der Waals surface area (Å²) in [6.07, 6.45) is 0.726. The van der Waals surface area contributed by atoms with Crippen LogP contribution >= 0.6 is 11.3 Å². The van der Waals surface area contributed by atoms with Gasteiger partial charge in [-0.05, 0) is 26.8 Å². The van der Waals surface area contributed by atoms with Crippen LogP contribution in [0.2, 0.25) is 0 Å². The molecule has 2 aliphatic rings. The van der Waals surface area contributed by atoms with Crippen LogP contribution in [-0.4, -0.2) is 42.8 Å². The molecule has 1 atom stereocenters. The number of rotatable bonds is 3. The minimum Gasteiger partial charge on any atom is -0.487 e. The number of carbonyl (C=O) groups is 1. The van der Waals surface area contributed by atoms with Gasteiger partial charge < -0.3 is 19.7 Å². The molecule has 4 rings (SSSR count). The van der Waals surface area contributed by atoms with Crippen LogP contribution in [0.4, 0.5) is 5.13 Å². The Morgan fingerprint density at radius 3 is 2.81 bits per heavy atom. The van der Waals surface area contributed by atoms with E-state index >= 15 is 0 Å². The summed E-state index contributed by atoms with van der Waals surface area (Å²) in [4.78, 5) is 20.5. The lowest BCUT2D eigenvalue weighted by Crippen LogP contribution is -2.41. The van der Waals surface area contributed by atoms with Gasteiger partial charge in [0.15, 0.2) is 5.13 Å². The van der Waals surface area contributed by atoms with E-state index in [1.807, 2.05) is 31.2 Å². The summed E-state index contributed by atoms with van der Waals surface area (Å²) >= 11 is 1.46. The number of para-hydroxylation sites is 1. The van der Waals surface area contributed by atoms with E-state index in [2.05, 4.69) is 29.0 Å². The Kier molecular flexibility index (Phi) is 4.82. The van der Waals surface area contributed by atoms with Crippen molar-refractivity contribution in [3.05, 3.63) is 40.4 Å². The van der Waals surface area contributed by atoms with Gasteiger partial charge in [0.05, 0.1) is 24.9 Å². The highest BCUT2D eigenvalue weighted by Crippen LogP contribution is 2.39. The van der Waals surface area contributed by atoms with Crippen molar-refractivity contribution in [3.63, 3.8) is 0 Å². The molecule has 0 spiro atoms. The number of amides is 1. The van der Waals surface area contributed by atoms with Gasteiger partial charge in [-0.15, -0.1) is 0 Å². The molecule has 144 valence electrons. The second-order valence-corrected chi connectivity index (χ2v) is 8.62. The number of ether oxygens (including phenoxy) is 2. The molecule has 0 aliphatic carbocycles. The molecule has 7 heteroatoms. The molecule has 2 aliphatic heterocycles. The lowest BCUT2D eigenvalue weighted by atomic mass is 9.89. The maximum atomic E-state index is 13.0. The summed E-state index contributed by atoms with van der Waals surface area (Å²) in [6.45, 7) is 9.04. The fraction of sp³-hybridized carbons (Fsp3) is 0.500. The number of anilines is 1. The summed E-state index contributed by atoms with van der Waals surface area (Å²) < 4.78 is 11.5. The van der Waals surface area contributed by atoms with Crippen LogP contribution in [0.25, 0.3) is 0 Å². The third kappa shape index (κ3) is 3.80. The molecular weight excluding hydrogens is 362 g/mol. The lowest BCUT2D eigenvalue weighted by Gasteiger charge is -2.37. The smallest absolute Gasteiger partial charge is 0.263 e. The summed E-state index contributed by atoms with van der Waals surface area (Å²) in [7, 11) is 0. The van der Waals surface area contributed by atoms with Crippen molar-refractivity contribution in [2.75, 3.05) is 31.2 Å². The monoisotopic (exact) mass is 387 g/mol. The molecule has 0 bridgehead atoms. The Morgan fingerprint density at radius 1 is 1.30 bits per heavy atom. The highest BCUT2D eigenvalue weighted by atomic mass is 32.1. The zero-order valence-corrected chi connectivity index (χ0v) is 16.8. The summed E-state index contributed by atoms with van der Waals surface area (Å²) in [5.41, 5.74) is 1.48. The van der Waals surface area contributed by atoms with Crippen LogP contribution in [0.5, 0.6) is 5.75 Å². The molecule has 6 nitrogen and oxygen atoms in total. The quantitative estimate of drug-likeness (QED) is 0.875. The molecule has 1 saturated heterocycles. The second-order valence-electron chi connectivity index (χ2n) is 7.64. The fourth-order valence-corrected chi connectivity index (χ4v) is 4.66. The van der Waals surface area contributed by atoms with Crippen molar-refractivity contribution in [2.24, 2.45) is 0 Å². The van der Waals surface area contributed by atoms with Gasteiger partial charge in [-0.3, -0.25) is 4.79 Å². The minimum atomic E-state index is -0.325. The summed E-state index contributed by atoms with van der Waals surface area (Å²) in [5, 5.41) is 4.11. The largest absolute Gasteiger partial charge is 0.487 e. The zero-order chi connectivity index (χ0) is 19.0. The normalized spacial score (nSPS) is 21.3. The van der Waals surface area contributed by atoms with Crippen LogP contribution in [0, 0.1) is 6.92 Å². The van der Waals surface area contributed by atoms with Gasteiger partial charge in [0.1, 0.15) is 16.2 Å². The number of fused-ring (bicyclic) bond motifs is 1. The third-order valence-corrected chi connectivity index (χ3v) is 6.17. The van der Waals surface area contributed by atoms with Gasteiger partial charge in [-0.2, -0.15) is 0 Å². The molecule has 0 radical (unpaired) electrons. The van der Waals surface area contributed by atoms with Crippen molar-refractivity contribution in [1.82, 2.24) is 10.3 Å². The topological polar surface area (TPSA) is 63.7 Å². The van der Waals surface area contributed by atoms with Crippen LogP contribution in [0.15, 0.2) is 24.3 Å². The molecule has 1 fully saturated rings. The molecule has 1 unspecified atom stereocenters. The first kappa shape index (κ1) is 18.3. The van der Waals surface area contributed by atoms with E-state index in [-0.39, 0.29) is 17.6 Å². The average molecular weight is 388 g/mol. The number of hydrogen-bond acceptors (Lipinski definition) is 6. The Bertz CT molecular complexity index is 843. The molecule has 27 heavy (non-hydrogen) atoms. The third-order valence-electron chi connectivity index (χ3n) is 4.95. The maximum absolute atomic E-state index is 13.0. The molecule has 1 aromatic carbocycles. The van der Waals surface area contributed by atoms with Crippen LogP contribution in [-0.2, 0) is 4.74 Å². The summed E-state index contributed by atoms with van der Waals surface area (Å²) in [5.74, 6) is 0.774. The van der Waals surface area contributed by atoms with Crippen molar-refractivity contribution in [3.8, 4) is 5.75 Å². The number of hydrogen-bond donors (Lipinski definition) is 1. The molecular formula is C20H25N3O3S. The number of nitrogens with one attached hydrogen (secondary N) is 1. The number of aromatic nitrogens is 1. The first-order chi connectivity index (χ1) is 12.9. The molecule has 1 N–H and O–H groups in total. The van der Waals surface area contributed by atoms with Gasteiger partial charge in [0.2, 0.25) is 0 Å². The number of thiazole rings is 1. The molecule has 2 aromatic rings. The fourth-order valence-electron chi connectivity index (χ4n) is 3.64. The van der Waals surface area contributed by atoms with Crippen molar-refractivity contribution in [1.29, 1.82) is 0 Å². The van der Waals surface area contributed by atoms with E-state index in [1.54, 1.807) is 0 Å². The Balaban J connectivity index is 1.55. The average Bonchev–Trinajstić information content (AvgIpc) is 3.03. The molecule has 3 heterocycles. The highest BCUT2D eigenvalue weighted by molar-refractivity contribution is 7.17. The predicted octanol–water partition coefficient (Wildman–Crippen LogP) is 3.32. The number of morpholine rings is 1. The molecule has 1 amide bonds. The van der Waals surface area contributed by atoms with E-state index in [9.17, 15) is 4.79 Å². The van der Waals surface area contributed by atoms with Gasteiger partial charge in [0.25, 0.3) is 5.91 Å². The number of nitrogens with zero attached hydrogens (tertiary/aromatic N) is 2. The van der Waals surface area contributed by atoms with Crippen molar-refractivity contribution >= 4 is 22.4 Å². The van der Waals surface area contributed by atoms with E-state index in [0.29, 0.717) is 18.1 Å². The minimum absolute atomic E-state index is 0.0676. The molecule has 1 aromatic heterocycles. The van der Waals surface area contributed by atoms with E-state index in [4.69, 9.17) is 9.47 Å². The Labute approximate surface area is 163 Å². The number of aryl methyl sites for hydroxylation is 1. The SMILES string of the molecule is Cc1nc(N2CCOCC2)sc1C(=O)NC1CC(C)(C)Oc2ccccc21. The second kappa shape index (κ2) is 7.13. The van der Waals surface area contributed by atoms with Crippen LogP contribution in [0.1, 0.15) is 47.2 Å². The van der Waals surface area contributed by atoms with Crippen molar-refractivity contribution < 1.29 is 14.3 Å². The molecule has 0 saturated carbocycles. The van der Waals surface area contributed by atoms with E-state index < -0.39 is 0 Å². The Morgan fingerprint density at radius 2 is 2.04 bits per heavy atom. The van der Waals surface area contributed by atoms with Crippen LogP contribution in [0.3, 0.4) is 0 Å². The summed E-state index contributed by atoms with van der Waals surface area (Å²) in [6, 6.07) is 7.85. The first-order valence-electron chi connectivity index (χ1n) is 9.32.